The predicted octanol–water partition coefficient (Wildman–Crippen LogP) is 2.85. The van der Waals surface area contributed by atoms with E-state index in [4.69, 9.17) is 9.47 Å². The van der Waals surface area contributed by atoms with Crippen molar-refractivity contribution in [3.8, 4) is 17.2 Å². The van der Waals surface area contributed by atoms with Crippen molar-refractivity contribution in [2.45, 2.75) is 6.92 Å². The fourth-order valence-corrected chi connectivity index (χ4v) is 2.50. The summed E-state index contributed by atoms with van der Waals surface area (Å²) >= 11 is 0. The minimum absolute atomic E-state index is 0.252. The van der Waals surface area contributed by atoms with Gasteiger partial charge in [0.15, 0.2) is 0 Å². The number of carbonyl (C=O) groups is 1. The highest BCUT2D eigenvalue weighted by Crippen LogP contribution is 2.29. The van der Waals surface area contributed by atoms with E-state index in [-0.39, 0.29) is 5.91 Å². The molecule has 2 aromatic carbocycles. The maximum atomic E-state index is 12.6. The Morgan fingerprint density at radius 3 is 2.28 bits per heavy atom. The summed E-state index contributed by atoms with van der Waals surface area (Å²) in [6, 6.07) is 10.8. The third-order valence-corrected chi connectivity index (χ3v) is 3.84. The van der Waals surface area contributed by atoms with Gasteiger partial charge in [0, 0.05) is 16.8 Å². The molecule has 0 unspecified atom stereocenters. The van der Waals surface area contributed by atoms with E-state index >= 15 is 0 Å². The molecule has 1 N–H and O–H groups in total. The highest BCUT2D eigenvalue weighted by atomic mass is 16.5. The van der Waals surface area contributed by atoms with Crippen LogP contribution in [-0.4, -0.2) is 34.9 Å². The molecule has 3 aromatic rings. The SMILES string of the molecule is COc1cc(C(=O)Nc2cccc(-n3cnnc3)c2)cc(OC)c1C. The number of benzene rings is 2. The van der Waals surface area contributed by atoms with Crippen LogP contribution < -0.4 is 14.8 Å². The second kappa shape index (κ2) is 7.04. The second-order valence-electron chi connectivity index (χ2n) is 5.38. The van der Waals surface area contributed by atoms with Gasteiger partial charge in [-0.2, -0.15) is 0 Å². The average Bonchev–Trinajstić information content (AvgIpc) is 3.17. The zero-order valence-electron chi connectivity index (χ0n) is 14.2. The van der Waals surface area contributed by atoms with Gasteiger partial charge >= 0.3 is 0 Å². The molecule has 0 bridgehead atoms. The Labute approximate surface area is 145 Å². The quantitative estimate of drug-likeness (QED) is 0.774. The number of aromatic nitrogens is 3. The van der Waals surface area contributed by atoms with E-state index in [1.54, 1.807) is 43.6 Å². The number of carbonyl (C=O) groups excluding carboxylic acids is 1. The van der Waals surface area contributed by atoms with E-state index in [0.717, 1.165) is 11.3 Å². The molecule has 1 amide bonds. The molecule has 0 radical (unpaired) electrons. The topological polar surface area (TPSA) is 78.3 Å². The summed E-state index contributed by atoms with van der Waals surface area (Å²) in [5.74, 6) is 0.947. The predicted molar refractivity (Wildman–Crippen MR) is 93.6 cm³/mol. The van der Waals surface area contributed by atoms with E-state index < -0.39 is 0 Å². The Morgan fingerprint density at radius 2 is 1.68 bits per heavy atom. The molecule has 1 aromatic heterocycles. The van der Waals surface area contributed by atoms with Gasteiger partial charge in [-0.15, -0.1) is 10.2 Å². The van der Waals surface area contributed by atoms with Gasteiger partial charge in [-0.05, 0) is 37.3 Å². The van der Waals surface area contributed by atoms with Gasteiger partial charge in [0.1, 0.15) is 24.2 Å². The maximum absolute atomic E-state index is 12.6. The number of hydrogen-bond donors (Lipinski definition) is 1. The lowest BCUT2D eigenvalue weighted by molar-refractivity contribution is 0.102. The molecule has 0 atom stereocenters. The van der Waals surface area contributed by atoms with Crippen molar-refractivity contribution in [3.63, 3.8) is 0 Å². The third-order valence-electron chi connectivity index (χ3n) is 3.84. The van der Waals surface area contributed by atoms with E-state index in [0.29, 0.717) is 22.7 Å². The number of ether oxygens (including phenoxy) is 2. The maximum Gasteiger partial charge on any atom is 0.255 e. The van der Waals surface area contributed by atoms with Gasteiger partial charge in [0.2, 0.25) is 0 Å². The van der Waals surface area contributed by atoms with E-state index in [1.165, 1.54) is 0 Å². The first-order valence-electron chi connectivity index (χ1n) is 7.61. The van der Waals surface area contributed by atoms with Crippen molar-refractivity contribution >= 4 is 11.6 Å². The number of anilines is 1. The number of nitrogens with zero attached hydrogens (tertiary/aromatic N) is 3. The first-order chi connectivity index (χ1) is 12.1. The summed E-state index contributed by atoms with van der Waals surface area (Å²) in [6.45, 7) is 1.88. The van der Waals surface area contributed by atoms with E-state index in [9.17, 15) is 4.79 Å². The molecule has 25 heavy (non-hydrogen) atoms. The number of hydrogen-bond acceptors (Lipinski definition) is 5. The zero-order valence-corrected chi connectivity index (χ0v) is 14.2. The fourth-order valence-electron chi connectivity index (χ4n) is 2.50. The van der Waals surface area contributed by atoms with Gasteiger partial charge in [-0.25, -0.2) is 0 Å². The second-order valence-corrected chi connectivity index (χ2v) is 5.38. The molecule has 0 spiro atoms. The molecule has 0 saturated carbocycles. The summed E-state index contributed by atoms with van der Waals surface area (Å²) in [7, 11) is 3.12. The van der Waals surface area contributed by atoms with Crippen LogP contribution in [-0.2, 0) is 0 Å². The molecule has 0 aliphatic rings. The van der Waals surface area contributed by atoms with Crippen LogP contribution in [0.2, 0.25) is 0 Å². The Bertz CT molecular complexity index is 866. The standard InChI is InChI=1S/C18H18N4O3/c1-12-16(24-2)7-13(8-17(12)25-3)18(23)21-14-5-4-6-15(9-14)22-10-19-20-11-22/h4-11H,1-3H3,(H,21,23). The Balaban J connectivity index is 1.87. The Hall–Kier alpha value is -3.35. The molecule has 7 nitrogen and oxygen atoms in total. The number of nitrogens with one attached hydrogen (secondary N) is 1. The van der Waals surface area contributed by atoms with Crippen LogP contribution in [0.5, 0.6) is 11.5 Å². The zero-order chi connectivity index (χ0) is 17.8. The molecule has 0 aliphatic heterocycles. The summed E-state index contributed by atoms with van der Waals surface area (Å²) in [5, 5.41) is 10.4. The van der Waals surface area contributed by atoms with Gasteiger partial charge < -0.3 is 14.8 Å². The largest absolute Gasteiger partial charge is 0.496 e. The molecule has 7 heteroatoms. The van der Waals surface area contributed by atoms with Crippen molar-refractivity contribution < 1.29 is 14.3 Å². The molecule has 1 heterocycles. The van der Waals surface area contributed by atoms with Crippen molar-refractivity contribution in [2.75, 3.05) is 19.5 Å². The van der Waals surface area contributed by atoms with Crippen LogP contribution in [0.1, 0.15) is 15.9 Å². The first kappa shape index (κ1) is 16.5. The smallest absolute Gasteiger partial charge is 0.255 e. The van der Waals surface area contributed by atoms with Crippen LogP contribution in [0.4, 0.5) is 5.69 Å². The Morgan fingerprint density at radius 1 is 1.04 bits per heavy atom. The van der Waals surface area contributed by atoms with Crippen LogP contribution in [0.25, 0.3) is 5.69 Å². The lowest BCUT2D eigenvalue weighted by Gasteiger charge is -2.13. The van der Waals surface area contributed by atoms with Crippen molar-refractivity contribution in [1.82, 2.24) is 14.8 Å². The van der Waals surface area contributed by atoms with Crippen LogP contribution in [0.3, 0.4) is 0 Å². The molecule has 128 valence electrons. The average molecular weight is 338 g/mol. The summed E-state index contributed by atoms with van der Waals surface area (Å²) in [5.41, 5.74) is 2.81. The summed E-state index contributed by atoms with van der Waals surface area (Å²) < 4.78 is 12.4. The van der Waals surface area contributed by atoms with Gasteiger partial charge in [0.25, 0.3) is 5.91 Å². The highest BCUT2D eigenvalue weighted by molar-refractivity contribution is 6.05. The lowest BCUT2D eigenvalue weighted by atomic mass is 10.1. The van der Waals surface area contributed by atoms with Gasteiger partial charge in [-0.3, -0.25) is 9.36 Å². The normalized spacial score (nSPS) is 10.4. The fraction of sp³-hybridized carbons (Fsp3) is 0.167. The summed E-state index contributed by atoms with van der Waals surface area (Å²) in [6.07, 6.45) is 3.19. The van der Waals surface area contributed by atoms with Crippen molar-refractivity contribution in [1.29, 1.82) is 0 Å². The number of rotatable bonds is 5. The number of methoxy groups -OCH3 is 2. The van der Waals surface area contributed by atoms with Crippen LogP contribution in [0, 0.1) is 6.92 Å². The lowest BCUT2D eigenvalue weighted by Crippen LogP contribution is -2.13. The van der Waals surface area contributed by atoms with E-state index in [1.807, 2.05) is 31.2 Å². The van der Waals surface area contributed by atoms with Crippen molar-refractivity contribution in [2.24, 2.45) is 0 Å². The molecule has 0 fully saturated rings. The molecule has 0 saturated heterocycles. The van der Waals surface area contributed by atoms with Crippen molar-refractivity contribution in [3.05, 3.63) is 60.2 Å². The first-order valence-corrected chi connectivity index (χ1v) is 7.61. The summed E-state index contributed by atoms with van der Waals surface area (Å²) in [4.78, 5) is 12.6. The van der Waals surface area contributed by atoms with Crippen LogP contribution >= 0.6 is 0 Å². The highest BCUT2D eigenvalue weighted by Gasteiger charge is 2.14. The molecular weight excluding hydrogens is 320 g/mol. The molecule has 0 aliphatic carbocycles. The van der Waals surface area contributed by atoms with Crippen LogP contribution in [0.15, 0.2) is 49.1 Å². The third kappa shape index (κ3) is 3.45. The van der Waals surface area contributed by atoms with E-state index in [2.05, 4.69) is 15.5 Å². The number of amides is 1. The minimum atomic E-state index is -0.252. The van der Waals surface area contributed by atoms with Gasteiger partial charge in [-0.1, -0.05) is 6.07 Å². The molecular formula is C18H18N4O3. The molecule has 3 rings (SSSR count). The monoisotopic (exact) mass is 338 g/mol. The minimum Gasteiger partial charge on any atom is -0.496 e. The van der Waals surface area contributed by atoms with Gasteiger partial charge in [0.05, 0.1) is 19.9 Å². The Kier molecular flexibility index (Phi) is 4.65.